The average Bonchev–Trinajstić information content (AvgIpc) is 3.46. The Bertz CT molecular complexity index is 904. The van der Waals surface area contributed by atoms with Crippen molar-refractivity contribution < 1.29 is 22.1 Å². The van der Waals surface area contributed by atoms with Gasteiger partial charge in [0.2, 0.25) is 5.91 Å². The molecule has 0 unspecified atom stereocenters. The molecule has 0 bridgehead atoms. The van der Waals surface area contributed by atoms with E-state index in [1.54, 1.807) is 41.3 Å². The van der Waals surface area contributed by atoms with Crippen LogP contribution >= 0.6 is 0 Å². The summed E-state index contributed by atoms with van der Waals surface area (Å²) in [5, 5.41) is 0. The van der Waals surface area contributed by atoms with E-state index in [2.05, 4.69) is 0 Å². The topological polar surface area (TPSA) is 72.9 Å². The van der Waals surface area contributed by atoms with Gasteiger partial charge in [-0.1, -0.05) is 18.2 Å². The zero-order chi connectivity index (χ0) is 19.4. The number of hydrogen-bond donors (Lipinski definition) is 0. The number of benzene rings is 2. The molecule has 0 saturated heterocycles. The number of methoxy groups -OCH3 is 1. The summed E-state index contributed by atoms with van der Waals surface area (Å²) in [7, 11) is -2.47. The van der Waals surface area contributed by atoms with Crippen molar-refractivity contribution in [3.8, 4) is 11.5 Å². The third kappa shape index (κ3) is 5.01. The van der Waals surface area contributed by atoms with Gasteiger partial charge in [-0.05, 0) is 49.1 Å². The molecule has 0 atom stereocenters. The second-order valence-corrected chi connectivity index (χ2v) is 8.21. The highest BCUT2D eigenvalue weighted by molar-refractivity contribution is 7.87. The molecular formula is C20H23NO5S. The van der Waals surface area contributed by atoms with E-state index in [1.165, 1.54) is 26.2 Å². The summed E-state index contributed by atoms with van der Waals surface area (Å²) in [6.07, 6.45) is 2.27. The smallest absolute Gasteiger partial charge is 0.339 e. The Morgan fingerprint density at radius 1 is 1.11 bits per heavy atom. The van der Waals surface area contributed by atoms with E-state index < -0.39 is 10.1 Å². The van der Waals surface area contributed by atoms with E-state index in [-0.39, 0.29) is 16.6 Å². The van der Waals surface area contributed by atoms with Crippen LogP contribution in [0.5, 0.6) is 11.5 Å². The van der Waals surface area contributed by atoms with Crippen molar-refractivity contribution in [1.29, 1.82) is 0 Å². The van der Waals surface area contributed by atoms with Gasteiger partial charge in [-0.25, -0.2) is 0 Å². The zero-order valence-electron chi connectivity index (χ0n) is 15.4. The fourth-order valence-corrected chi connectivity index (χ4v) is 3.71. The summed E-state index contributed by atoms with van der Waals surface area (Å²) in [6, 6.07) is 12.9. The molecule has 1 amide bonds. The lowest BCUT2D eigenvalue weighted by Crippen LogP contribution is -2.30. The van der Waals surface area contributed by atoms with Gasteiger partial charge >= 0.3 is 10.1 Å². The SMILES string of the molecule is COc1ccc(S(=O)(=O)Oc2ccccc2CN(CC2CC2)C(C)=O)cc1. The first-order valence-electron chi connectivity index (χ1n) is 8.81. The van der Waals surface area contributed by atoms with Gasteiger partial charge in [0.1, 0.15) is 16.4 Å². The standard InChI is InChI=1S/C20H23NO5S/c1-15(22)21(13-16-7-8-16)14-17-5-3-4-6-20(17)26-27(23,24)19-11-9-18(25-2)10-12-19/h3-6,9-12,16H,7-8,13-14H2,1-2H3. The first-order chi connectivity index (χ1) is 12.9. The van der Waals surface area contributed by atoms with Crippen LogP contribution < -0.4 is 8.92 Å². The molecule has 1 aliphatic carbocycles. The molecule has 0 spiro atoms. The van der Waals surface area contributed by atoms with Gasteiger partial charge in [0, 0.05) is 25.6 Å². The summed E-state index contributed by atoms with van der Waals surface area (Å²) in [4.78, 5) is 13.7. The third-order valence-electron chi connectivity index (χ3n) is 4.50. The van der Waals surface area contributed by atoms with Crippen molar-refractivity contribution >= 4 is 16.0 Å². The summed E-state index contributed by atoms with van der Waals surface area (Å²) in [5.74, 6) is 1.31. The van der Waals surface area contributed by atoms with Crippen LogP contribution in [0, 0.1) is 5.92 Å². The summed E-state index contributed by atoms with van der Waals surface area (Å²) >= 11 is 0. The molecule has 1 fully saturated rings. The second kappa shape index (κ2) is 8.00. The minimum atomic E-state index is -3.99. The number of ether oxygens (including phenoxy) is 1. The van der Waals surface area contributed by atoms with Crippen LogP contribution in [0.1, 0.15) is 25.3 Å². The highest BCUT2D eigenvalue weighted by Crippen LogP contribution is 2.31. The first-order valence-corrected chi connectivity index (χ1v) is 10.2. The lowest BCUT2D eigenvalue weighted by Gasteiger charge is -2.22. The van der Waals surface area contributed by atoms with Crippen LogP contribution in [0.2, 0.25) is 0 Å². The lowest BCUT2D eigenvalue weighted by atomic mass is 10.2. The largest absolute Gasteiger partial charge is 0.497 e. The number of para-hydroxylation sites is 1. The predicted octanol–water partition coefficient (Wildman–Crippen LogP) is 3.22. The highest BCUT2D eigenvalue weighted by atomic mass is 32.2. The van der Waals surface area contributed by atoms with E-state index in [0.717, 1.165) is 12.8 Å². The molecule has 0 radical (unpaired) electrons. The van der Waals surface area contributed by atoms with E-state index in [9.17, 15) is 13.2 Å². The fourth-order valence-electron chi connectivity index (χ4n) is 2.75. The molecule has 1 aliphatic rings. The molecule has 3 rings (SSSR count). The molecule has 0 aliphatic heterocycles. The molecular weight excluding hydrogens is 366 g/mol. The van der Waals surface area contributed by atoms with Gasteiger partial charge in [-0.2, -0.15) is 8.42 Å². The highest BCUT2D eigenvalue weighted by Gasteiger charge is 2.26. The van der Waals surface area contributed by atoms with Crippen molar-refractivity contribution in [2.45, 2.75) is 31.2 Å². The van der Waals surface area contributed by atoms with Crippen molar-refractivity contribution in [2.24, 2.45) is 5.92 Å². The van der Waals surface area contributed by atoms with Gasteiger partial charge in [0.05, 0.1) is 7.11 Å². The number of amides is 1. The van der Waals surface area contributed by atoms with Crippen molar-refractivity contribution in [3.63, 3.8) is 0 Å². The van der Waals surface area contributed by atoms with Crippen molar-refractivity contribution in [2.75, 3.05) is 13.7 Å². The maximum absolute atomic E-state index is 12.6. The number of carbonyl (C=O) groups is 1. The van der Waals surface area contributed by atoms with Crippen LogP contribution in [-0.2, 0) is 21.5 Å². The van der Waals surface area contributed by atoms with Gasteiger partial charge < -0.3 is 13.8 Å². The molecule has 2 aromatic carbocycles. The number of hydrogen-bond acceptors (Lipinski definition) is 5. The van der Waals surface area contributed by atoms with E-state index in [4.69, 9.17) is 8.92 Å². The van der Waals surface area contributed by atoms with Crippen LogP contribution in [0.15, 0.2) is 53.4 Å². The summed E-state index contributed by atoms with van der Waals surface area (Å²) in [5.41, 5.74) is 0.658. The summed E-state index contributed by atoms with van der Waals surface area (Å²) in [6.45, 7) is 2.54. The number of rotatable bonds is 8. The van der Waals surface area contributed by atoms with Crippen molar-refractivity contribution in [1.82, 2.24) is 4.90 Å². The Kier molecular flexibility index (Phi) is 5.70. The Hall–Kier alpha value is -2.54. The van der Waals surface area contributed by atoms with Gasteiger partial charge in [-0.15, -0.1) is 0 Å². The van der Waals surface area contributed by atoms with Crippen LogP contribution in [-0.4, -0.2) is 32.9 Å². The number of nitrogens with zero attached hydrogens (tertiary/aromatic N) is 1. The Morgan fingerprint density at radius 2 is 1.78 bits per heavy atom. The molecule has 27 heavy (non-hydrogen) atoms. The Labute approximate surface area is 159 Å². The van der Waals surface area contributed by atoms with E-state index in [0.29, 0.717) is 30.3 Å². The average molecular weight is 389 g/mol. The van der Waals surface area contributed by atoms with Crippen LogP contribution in [0.3, 0.4) is 0 Å². The molecule has 1 saturated carbocycles. The molecule has 0 aromatic heterocycles. The number of carbonyl (C=O) groups excluding carboxylic acids is 1. The Morgan fingerprint density at radius 3 is 2.37 bits per heavy atom. The normalized spacial score (nSPS) is 13.9. The van der Waals surface area contributed by atoms with E-state index in [1.807, 2.05) is 0 Å². The molecule has 7 heteroatoms. The predicted molar refractivity (Wildman–Crippen MR) is 101 cm³/mol. The minimum Gasteiger partial charge on any atom is -0.497 e. The molecule has 0 heterocycles. The van der Waals surface area contributed by atoms with Gasteiger partial charge in [0.25, 0.3) is 0 Å². The third-order valence-corrected chi connectivity index (χ3v) is 5.75. The van der Waals surface area contributed by atoms with Crippen LogP contribution in [0.25, 0.3) is 0 Å². The zero-order valence-corrected chi connectivity index (χ0v) is 16.2. The van der Waals surface area contributed by atoms with Gasteiger partial charge in [0.15, 0.2) is 0 Å². The fraction of sp³-hybridized carbons (Fsp3) is 0.350. The molecule has 0 N–H and O–H groups in total. The lowest BCUT2D eigenvalue weighted by molar-refractivity contribution is -0.129. The molecule has 2 aromatic rings. The maximum atomic E-state index is 12.6. The first kappa shape index (κ1) is 19.2. The monoisotopic (exact) mass is 389 g/mol. The Balaban J connectivity index is 1.80. The molecule has 144 valence electrons. The summed E-state index contributed by atoms with van der Waals surface area (Å²) < 4.78 is 35.7. The van der Waals surface area contributed by atoms with Crippen molar-refractivity contribution in [3.05, 3.63) is 54.1 Å². The maximum Gasteiger partial charge on any atom is 0.339 e. The second-order valence-electron chi connectivity index (χ2n) is 6.66. The molecule has 6 nitrogen and oxygen atoms in total. The van der Waals surface area contributed by atoms with Crippen LogP contribution in [0.4, 0.5) is 0 Å². The minimum absolute atomic E-state index is 0.0327. The quantitative estimate of drug-likeness (QED) is 0.648. The van der Waals surface area contributed by atoms with E-state index >= 15 is 0 Å². The van der Waals surface area contributed by atoms with Gasteiger partial charge in [-0.3, -0.25) is 4.79 Å².